The fourth-order valence-corrected chi connectivity index (χ4v) is 1.79. The summed E-state index contributed by atoms with van der Waals surface area (Å²) in [6, 6.07) is 4.32. The van der Waals surface area contributed by atoms with Gasteiger partial charge in [-0.05, 0) is 12.1 Å². The standard InChI is InChI=1S/C12H15ClFN3O/c1-17-6-4-15-12(17)16-5-7-18-9-2-3-11(14)10(13)8-9/h2-3,8H,4-7H2,1H3,(H,15,16). The average Bonchev–Trinajstić information content (AvgIpc) is 2.75. The summed E-state index contributed by atoms with van der Waals surface area (Å²) in [6.07, 6.45) is 0. The van der Waals surface area contributed by atoms with Gasteiger partial charge in [-0.2, -0.15) is 0 Å². The second-order valence-corrected chi connectivity index (χ2v) is 4.39. The third-order valence-electron chi connectivity index (χ3n) is 2.60. The van der Waals surface area contributed by atoms with Crippen LogP contribution in [0.1, 0.15) is 0 Å². The fourth-order valence-electron chi connectivity index (χ4n) is 1.62. The highest BCUT2D eigenvalue weighted by Crippen LogP contribution is 2.20. The van der Waals surface area contributed by atoms with Gasteiger partial charge in [-0.25, -0.2) is 4.39 Å². The Hall–Kier alpha value is -1.49. The minimum Gasteiger partial charge on any atom is -0.492 e. The van der Waals surface area contributed by atoms with E-state index in [9.17, 15) is 4.39 Å². The predicted octanol–water partition coefficient (Wildman–Crippen LogP) is 1.75. The number of nitrogens with one attached hydrogen (secondary N) is 1. The minimum absolute atomic E-state index is 0.0698. The van der Waals surface area contributed by atoms with Crippen LogP contribution in [0.4, 0.5) is 4.39 Å². The van der Waals surface area contributed by atoms with E-state index in [1.807, 2.05) is 7.05 Å². The lowest BCUT2D eigenvalue weighted by Gasteiger charge is -2.15. The predicted molar refractivity (Wildman–Crippen MR) is 69.8 cm³/mol. The van der Waals surface area contributed by atoms with Crippen LogP contribution in [0.15, 0.2) is 23.2 Å². The Kier molecular flexibility index (Phi) is 4.25. The van der Waals surface area contributed by atoms with Crippen LogP contribution in [0.5, 0.6) is 5.75 Å². The number of hydrogen-bond donors (Lipinski definition) is 1. The van der Waals surface area contributed by atoms with E-state index in [-0.39, 0.29) is 5.02 Å². The summed E-state index contributed by atoms with van der Waals surface area (Å²) in [4.78, 5) is 6.34. The molecule has 4 nitrogen and oxygen atoms in total. The van der Waals surface area contributed by atoms with Crippen LogP contribution in [-0.2, 0) is 0 Å². The van der Waals surface area contributed by atoms with E-state index >= 15 is 0 Å². The van der Waals surface area contributed by atoms with Crippen molar-refractivity contribution in [1.29, 1.82) is 0 Å². The molecule has 18 heavy (non-hydrogen) atoms. The molecule has 0 amide bonds. The minimum atomic E-state index is -0.441. The molecule has 0 radical (unpaired) electrons. The zero-order valence-corrected chi connectivity index (χ0v) is 10.9. The third-order valence-corrected chi connectivity index (χ3v) is 2.89. The number of hydrogen-bond acceptors (Lipinski definition) is 4. The quantitative estimate of drug-likeness (QED) is 0.848. The van der Waals surface area contributed by atoms with E-state index in [0.717, 1.165) is 19.0 Å². The molecular formula is C12H15ClFN3O. The van der Waals surface area contributed by atoms with Gasteiger partial charge in [-0.15, -0.1) is 0 Å². The number of halogens is 2. The number of likely N-dealkylation sites (N-methyl/N-ethyl adjacent to an activating group) is 1. The van der Waals surface area contributed by atoms with Crippen molar-refractivity contribution in [2.75, 3.05) is 33.3 Å². The van der Waals surface area contributed by atoms with E-state index in [1.165, 1.54) is 12.1 Å². The molecule has 6 heteroatoms. The number of ether oxygens (including phenoxy) is 1. The lowest BCUT2D eigenvalue weighted by molar-refractivity contribution is 0.320. The van der Waals surface area contributed by atoms with Gasteiger partial charge in [0.05, 0.1) is 18.1 Å². The van der Waals surface area contributed by atoms with Crippen molar-refractivity contribution in [3.8, 4) is 5.75 Å². The Labute approximate surface area is 110 Å². The van der Waals surface area contributed by atoms with Crippen molar-refractivity contribution in [3.63, 3.8) is 0 Å². The third kappa shape index (κ3) is 3.26. The molecule has 0 bridgehead atoms. The maximum absolute atomic E-state index is 12.9. The summed E-state index contributed by atoms with van der Waals surface area (Å²) >= 11 is 5.65. The summed E-state index contributed by atoms with van der Waals surface area (Å²) in [5.41, 5.74) is 0. The van der Waals surface area contributed by atoms with Gasteiger partial charge in [0.2, 0.25) is 0 Å². The van der Waals surface area contributed by atoms with Crippen LogP contribution in [0, 0.1) is 5.82 Å². The Bertz CT molecular complexity index is 453. The van der Waals surface area contributed by atoms with E-state index < -0.39 is 5.82 Å². The fraction of sp³-hybridized carbons (Fsp3) is 0.417. The van der Waals surface area contributed by atoms with Crippen molar-refractivity contribution in [2.24, 2.45) is 4.99 Å². The molecular weight excluding hydrogens is 257 g/mol. The lowest BCUT2D eigenvalue weighted by Crippen LogP contribution is -2.37. The zero-order chi connectivity index (χ0) is 13.0. The molecule has 2 rings (SSSR count). The van der Waals surface area contributed by atoms with Gasteiger partial charge in [0.25, 0.3) is 0 Å². The van der Waals surface area contributed by atoms with Gasteiger partial charge < -0.3 is 15.0 Å². The van der Waals surface area contributed by atoms with Crippen molar-refractivity contribution in [2.45, 2.75) is 0 Å². The van der Waals surface area contributed by atoms with Gasteiger partial charge in [-0.3, -0.25) is 4.99 Å². The molecule has 0 unspecified atom stereocenters. The van der Waals surface area contributed by atoms with E-state index in [4.69, 9.17) is 16.3 Å². The SMILES string of the molecule is CN1CCN=C1NCCOc1ccc(F)c(Cl)c1. The molecule has 1 aliphatic heterocycles. The van der Waals surface area contributed by atoms with Crippen LogP contribution >= 0.6 is 11.6 Å². The highest BCUT2D eigenvalue weighted by atomic mass is 35.5. The monoisotopic (exact) mass is 271 g/mol. The Balaban J connectivity index is 1.73. The van der Waals surface area contributed by atoms with Crippen molar-refractivity contribution in [1.82, 2.24) is 10.2 Å². The molecule has 0 aliphatic carbocycles. The zero-order valence-electron chi connectivity index (χ0n) is 10.1. The lowest BCUT2D eigenvalue weighted by atomic mass is 10.3. The summed E-state index contributed by atoms with van der Waals surface area (Å²) in [5, 5.41) is 3.24. The van der Waals surface area contributed by atoms with Crippen LogP contribution < -0.4 is 10.1 Å². The summed E-state index contributed by atoms with van der Waals surface area (Å²) in [7, 11) is 1.99. The van der Waals surface area contributed by atoms with Crippen molar-refractivity contribution < 1.29 is 9.13 Å². The first kappa shape index (κ1) is 13.0. The molecule has 1 aliphatic rings. The number of guanidine groups is 1. The van der Waals surface area contributed by atoms with Gasteiger partial charge >= 0.3 is 0 Å². The van der Waals surface area contributed by atoms with E-state index in [1.54, 1.807) is 6.07 Å². The van der Waals surface area contributed by atoms with E-state index in [0.29, 0.717) is 18.9 Å². The maximum Gasteiger partial charge on any atom is 0.193 e. The van der Waals surface area contributed by atoms with Gasteiger partial charge in [0, 0.05) is 19.7 Å². The van der Waals surface area contributed by atoms with Crippen LogP contribution in [0.25, 0.3) is 0 Å². The molecule has 98 valence electrons. The number of nitrogens with zero attached hydrogens (tertiary/aromatic N) is 2. The molecule has 1 aromatic carbocycles. The van der Waals surface area contributed by atoms with E-state index in [2.05, 4.69) is 15.2 Å². The average molecular weight is 272 g/mol. The number of benzene rings is 1. The van der Waals surface area contributed by atoms with Gasteiger partial charge in [0.1, 0.15) is 18.2 Å². The topological polar surface area (TPSA) is 36.9 Å². The summed E-state index contributed by atoms with van der Waals surface area (Å²) < 4.78 is 18.4. The smallest absolute Gasteiger partial charge is 0.193 e. The molecule has 0 spiro atoms. The second-order valence-electron chi connectivity index (χ2n) is 3.98. The van der Waals surface area contributed by atoms with Gasteiger partial charge in [0.15, 0.2) is 5.96 Å². The van der Waals surface area contributed by atoms with Crippen molar-refractivity contribution in [3.05, 3.63) is 29.0 Å². The Morgan fingerprint density at radius 1 is 1.56 bits per heavy atom. The second kappa shape index (κ2) is 5.91. The van der Waals surface area contributed by atoms with Crippen LogP contribution in [0.2, 0.25) is 5.02 Å². The Morgan fingerprint density at radius 2 is 2.39 bits per heavy atom. The number of rotatable bonds is 4. The normalized spacial score (nSPS) is 14.6. The Morgan fingerprint density at radius 3 is 3.06 bits per heavy atom. The molecule has 0 fully saturated rings. The van der Waals surface area contributed by atoms with Crippen LogP contribution in [-0.4, -0.2) is 44.1 Å². The number of aliphatic imine (C=N–C) groups is 1. The maximum atomic E-state index is 12.9. The molecule has 0 atom stereocenters. The largest absolute Gasteiger partial charge is 0.492 e. The molecule has 1 N–H and O–H groups in total. The first-order chi connectivity index (χ1) is 8.66. The first-order valence-corrected chi connectivity index (χ1v) is 6.12. The van der Waals surface area contributed by atoms with Crippen LogP contribution in [0.3, 0.4) is 0 Å². The highest BCUT2D eigenvalue weighted by Gasteiger charge is 2.10. The first-order valence-electron chi connectivity index (χ1n) is 5.74. The molecule has 1 heterocycles. The summed E-state index contributed by atoms with van der Waals surface area (Å²) in [6.45, 7) is 2.87. The van der Waals surface area contributed by atoms with Gasteiger partial charge in [-0.1, -0.05) is 11.6 Å². The molecule has 0 saturated heterocycles. The summed E-state index contributed by atoms with van der Waals surface area (Å²) in [5.74, 6) is 1.00. The highest BCUT2D eigenvalue weighted by molar-refractivity contribution is 6.30. The molecule has 0 saturated carbocycles. The van der Waals surface area contributed by atoms with Crippen molar-refractivity contribution >= 4 is 17.6 Å². The molecule has 0 aromatic heterocycles. The molecule has 1 aromatic rings.